The van der Waals surface area contributed by atoms with Crippen LogP contribution in [0.2, 0.25) is 25.2 Å². The van der Waals surface area contributed by atoms with Crippen molar-refractivity contribution in [1.29, 1.82) is 0 Å². The van der Waals surface area contributed by atoms with E-state index in [-0.39, 0.29) is 0 Å². The summed E-state index contributed by atoms with van der Waals surface area (Å²) in [5, 5.41) is 0. The Morgan fingerprint density at radius 2 is 1.93 bits per heavy atom. The third-order valence-electron chi connectivity index (χ3n) is 3.58. The summed E-state index contributed by atoms with van der Waals surface area (Å²) in [6, 6.07) is 0. The fourth-order valence-electron chi connectivity index (χ4n) is 2.52. The van der Waals surface area contributed by atoms with E-state index in [9.17, 15) is 0 Å². The van der Waals surface area contributed by atoms with Crippen molar-refractivity contribution < 1.29 is 0 Å². The second kappa shape index (κ2) is 5.15. The molecule has 0 aromatic rings. The van der Waals surface area contributed by atoms with Gasteiger partial charge in [-0.1, -0.05) is 51.6 Å². The first-order chi connectivity index (χ1) is 6.54. The fraction of sp³-hybridized carbons (Fsp3) is 0.846. The zero-order valence-electron chi connectivity index (χ0n) is 10.3. The Kier molecular flexibility index (Phi) is 4.43. The number of hydrogen-bond donors (Lipinski definition) is 0. The van der Waals surface area contributed by atoms with Gasteiger partial charge in [-0.15, -0.1) is 0 Å². The predicted octanol–water partition coefficient (Wildman–Crippen LogP) is 4.85. The fourth-order valence-corrected chi connectivity index (χ4v) is 4.60. The van der Waals surface area contributed by atoms with Gasteiger partial charge in [0.2, 0.25) is 0 Å². The van der Waals surface area contributed by atoms with Crippen molar-refractivity contribution in [3.05, 3.63) is 12.2 Å². The Labute approximate surface area is 90.8 Å². The van der Waals surface area contributed by atoms with Crippen molar-refractivity contribution in [3.63, 3.8) is 0 Å². The number of hydrogen-bond acceptors (Lipinski definition) is 0. The molecule has 0 N–H and O–H groups in total. The average molecular weight is 210 g/mol. The minimum Gasteiger partial charge on any atom is -0.0885 e. The van der Waals surface area contributed by atoms with Crippen LogP contribution in [0.5, 0.6) is 0 Å². The molecule has 1 heteroatoms. The Morgan fingerprint density at radius 1 is 1.21 bits per heavy atom. The molecule has 14 heavy (non-hydrogen) atoms. The lowest BCUT2D eigenvalue weighted by Crippen LogP contribution is -2.31. The van der Waals surface area contributed by atoms with E-state index in [0.29, 0.717) is 0 Å². The maximum atomic E-state index is 2.53. The summed E-state index contributed by atoms with van der Waals surface area (Å²) in [4.78, 5) is 0. The molecule has 0 amide bonds. The summed E-state index contributed by atoms with van der Waals surface area (Å²) in [7, 11) is -0.871. The topological polar surface area (TPSA) is 0 Å². The quantitative estimate of drug-likeness (QED) is 0.461. The molecule has 0 saturated heterocycles. The van der Waals surface area contributed by atoms with E-state index in [1.54, 1.807) is 0 Å². The van der Waals surface area contributed by atoms with Gasteiger partial charge < -0.3 is 0 Å². The molecule has 0 aromatic heterocycles. The van der Waals surface area contributed by atoms with Crippen molar-refractivity contribution in [2.75, 3.05) is 0 Å². The highest BCUT2D eigenvalue weighted by Crippen LogP contribution is 2.40. The third-order valence-corrected chi connectivity index (χ3v) is 6.56. The van der Waals surface area contributed by atoms with Crippen LogP contribution in [-0.2, 0) is 0 Å². The summed E-state index contributed by atoms with van der Waals surface area (Å²) >= 11 is 0. The van der Waals surface area contributed by atoms with Crippen molar-refractivity contribution in [2.45, 2.75) is 64.2 Å². The molecule has 0 bridgehead atoms. The maximum absolute atomic E-state index is 2.53. The van der Waals surface area contributed by atoms with E-state index in [0.717, 1.165) is 11.5 Å². The molecular weight excluding hydrogens is 184 g/mol. The van der Waals surface area contributed by atoms with E-state index < -0.39 is 8.07 Å². The van der Waals surface area contributed by atoms with Gasteiger partial charge in [-0.05, 0) is 30.7 Å². The molecule has 0 nitrogen and oxygen atoms in total. The molecule has 1 aliphatic rings. The summed E-state index contributed by atoms with van der Waals surface area (Å²) in [5.41, 5.74) is 1.07. The highest BCUT2D eigenvalue weighted by molar-refractivity contribution is 6.77. The van der Waals surface area contributed by atoms with Gasteiger partial charge in [0.25, 0.3) is 0 Å². The molecule has 2 atom stereocenters. The van der Waals surface area contributed by atoms with Crippen LogP contribution >= 0.6 is 0 Å². The van der Waals surface area contributed by atoms with Crippen LogP contribution in [0.4, 0.5) is 0 Å². The third kappa shape index (κ3) is 3.60. The van der Waals surface area contributed by atoms with E-state index in [1.165, 1.54) is 32.1 Å². The van der Waals surface area contributed by atoms with Crippen LogP contribution in [-0.4, -0.2) is 8.07 Å². The molecule has 2 unspecified atom stereocenters. The van der Waals surface area contributed by atoms with E-state index in [4.69, 9.17) is 0 Å². The van der Waals surface area contributed by atoms with Crippen LogP contribution < -0.4 is 0 Å². The largest absolute Gasteiger partial charge is 0.0885 e. The van der Waals surface area contributed by atoms with Crippen LogP contribution in [0, 0.1) is 5.92 Å². The molecule has 0 heterocycles. The summed E-state index contributed by atoms with van der Waals surface area (Å²) < 4.78 is 0. The standard InChI is InChI=1S/C13H26Si/c1-5-6-8-12-9-7-10-13(11-12)14(2,3)4/h6,8,12-13H,5,7,9-11H2,1-4H3/b8-6+. The van der Waals surface area contributed by atoms with Crippen molar-refractivity contribution in [2.24, 2.45) is 5.92 Å². The second-order valence-corrected chi connectivity index (χ2v) is 11.4. The summed E-state index contributed by atoms with van der Waals surface area (Å²) in [6.07, 6.45) is 11.9. The van der Waals surface area contributed by atoms with Crippen molar-refractivity contribution in [1.82, 2.24) is 0 Å². The highest BCUT2D eigenvalue weighted by Gasteiger charge is 2.30. The van der Waals surface area contributed by atoms with Gasteiger partial charge >= 0.3 is 0 Å². The van der Waals surface area contributed by atoms with Gasteiger partial charge in [-0.2, -0.15) is 0 Å². The first kappa shape index (κ1) is 12.0. The molecular formula is C13H26Si. The Morgan fingerprint density at radius 3 is 2.50 bits per heavy atom. The van der Waals surface area contributed by atoms with Gasteiger partial charge in [0.1, 0.15) is 0 Å². The van der Waals surface area contributed by atoms with Crippen LogP contribution in [0.1, 0.15) is 39.0 Å². The van der Waals surface area contributed by atoms with Gasteiger partial charge in [0.15, 0.2) is 0 Å². The second-order valence-electron chi connectivity index (χ2n) is 5.83. The lowest BCUT2D eigenvalue weighted by molar-refractivity contribution is 0.411. The predicted molar refractivity (Wildman–Crippen MR) is 68.5 cm³/mol. The lowest BCUT2D eigenvalue weighted by atomic mass is 9.88. The van der Waals surface area contributed by atoms with Gasteiger partial charge in [0.05, 0.1) is 0 Å². The van der Waals surface area contributed by atoms with Gasteiger partial charge in [-0.3, -0.25) is 0 Å². The first-order valence-electron chi connectivity index (χ1n) is 6.20. The van der Waals surface area contributed by atoms with Crippen LogP contribution in [0.15, 0.2) is 12.2 Å². The Hall–Kier alpha value is -0.0431. The molecule has 0 aliphatic heterocycles. The maximum Gasteiger partial charge on any atom is 0.0474 e. The lowest BCUT2D eigenvalue weighted by Gasteiger charge is -2.35. The average Bonchev–Trinajstić information content (AvgIpc) is 2.14. The first-order valence-corrected chi connectivity index (χ1v) is 9.78. The van der Waals surface area contributed by atoms with E-state index >= 15 is 0 Å². The SMILES string of the molecule is CC/C=C/C1CCCC([Si](C)(C)C)C1. The summed E-state index contributed by atoms with van der Waals surface area (Å²) in [6.45, 7) is 9.83. The smallest absolute Gasteiger partial charge is 0.0474 e. The van der Waals surface area contributed by atoms with Gasteiger partial charge in [-0.25, -0.2) is 0 Å². The minimum absolute atomic E-state index is 0.871. The molecule has 1 rings (SSSR count). The highest BCUT2D eigenvalue weighted by atomic mass is 28.3. The molecule has 1 fully saturated rings. The van der Waals surface area contributed by atoms with Crippen LogP contribution in [0.25, 0.3) is 0 Å². The molecule has 82 valence electrons. The van der Waals surface area contributed by atoms with Gasteiger partial charge in [0, 0.05) is 8.07 Å². The van der Waals surface area contributed by atoms with Crippen LogP contribution in [0.3, 0.4) is 0 Å². The summed E-state index contributed by atoms with van der Waals surface area (Å²) in [5.74, 6) is 0.903. The molecule has 1 saturated carbocycles. The monoisotopic (exact) mass is 210 g/mol. The van der Waals surface area contributed by atoms with Crippen molar-refractivity contribution in [3.8, 4) is 0 Å². The Balaban J connectivity index is 2.48. The zero-order valence-corrected chi connectivity index (χ0v) is 11.3. The Bertz CT molecular complexity index is 188. The zero-order chi connectivity index (χ0) is 10.6. The molecule has 0 spiro atoms. The molecule has 1 aliphatic carbocycles. The van der Waals surface area contributed by atoms with E-state index in [2.05, 4.69) is 38.7 Å². The molecule has 0 aromatic carbocycles. The van der Waals surface area contributed by atoms with E-state index in [1.807, 2.05) is 0 Å². The van der Waals surface area contributed by atoms with Crippen molar-refractivity contribution >= 4 is 8.07 Å². The molecule has 0 radical (unpaired) electrons. The number of allylic oxidation sites excluding steroid dienone is 2. The number of rotatable bonds is 3. The normalized spacial score (nSPS) is 29.7. The minimum atomic E-state index is -0.871.